The molecule has 1 aliphatic carbocycles. The van der Waals surface area contributed by atoms with E-state index in [-0.39, 0.29) is 17.1 Å². The van der Waals surface area contributed by atoms with Gasteiger partial charge in [-0.2, -0.15) is 5.26 Å². The van der Waals surface area contributed by atoms with E-state index in [0.717, 1.165) is 12.8 Å². The lowest BCUT2D eigenvalue weighted by Crippen LogP contribution is -2.52. The number of hydrogen-bond donors (Lipinski definition) is 2. The van der Waals surface area contributed by atoms with Gasteiger partial charge in [0, 0.05) is 18.3 Å². The summed E-state index contributed by atoms with van der Waals surface area (Å²) < 4.78 is 27.2. The highest BCUT2D eigenvalue weighted by atomic mass is 32.2. The van der Waals surface area contributed by atoms with Gasteiger partial charge >= 0.3 is 0 Å². The Balaban J connectivity index is 2.24. The predicted molar refractivity (Wildman–Crippen MR) is 69.5 cm³/mol. The first-order valence-corrected chi connectivity index (χ1v) is 7.50. The lowest BCUT2D eigenvalue weighted by molar-refractivity contribution is 0.374. The highest BCUT2D eigenvalue weighted by Crippen LogP contribution is 2.39. The molecule has 19 heavy (non-hydrogen) atoms. The van der Waals surface area contributed by atoms with Gasteiger partial charge in [0.15, 0.2) is 0 Å². The minimum Gasteiger partial charge on any atom is -0.329 e. The molecule has 1 heterocycles. The van der Waals surface area contributed by atoms with E-state index < -0.39 is 15.6 Å². The summed E-state index contributed by atoms with van der Waals surface area (Å²) in [6, 6.07) is 4.60. The van der Waals surface area contributed by atoms with Crippen molar-refractivity contribution in [2.24, 2.45) is 11.7 Å². The zero-order valence-corrected chi connectivity index (χ0v) is 11.4. The van der Waals surface area contributed by atoms with Crippen LogP contribution in [0.5, 0.6) is 0 Å². The van der Waals surface area contributed by atoms with E-state index >= 15 is 0 Å². The maximum atomic E-state index is 12.2. The van der Waals surface area contributed by atoms with Crippen molar-refractivity contribution < 1.29 is 8.42 Å². The molecule has 1 aliphatic rings. The molecule has 1 fully saturated rings. The molecule has 1 unspecified atom stereocenters. The summed E-state index contributed by atoms with van der Waals surface area (Å²) in [7, 11) is -3.66. The summed E-state index contributed by atoms with van der Waals surface area (Å²) in [4.78, 5) is 3.82. The molecule has 0 aromatic carbocycles. The first-order valence-electron chi connectivity index (χ1n) is 6.01. The molecular formula is C12H16N4O2S. The first-order chi connectivity index (χ1) is 8.91. The number of rotatable bonds is 5. The van der Waals surface area contributed by atoms with Crippen molar-refractivity contribution >= 4 is 10.0 Å². The van der Waals surface area contributed by atoms with Crippen LogP contribution >= 0.6 is 0 Å². The molecule has 2 rings (SSSR count). The highest BCUT2D eigenvalue weighted by Gasteiger charge is 2.43. The van der Waals surface area contributed by atoms with Crippen LogP contribution in [-0.2, 0) is 10.0 Å². The van der Waals surface area contributed by atoms with E-state index in [1.54, 1.807) is 0 Å². The van der Waals surface area contributed by atoms with Crippen molar-refractivity contribution in [1.82, 2.24) is 9.71 Å². The first kappa shape index (κ1) is 13.9. The number of nitrogens with zero attached hydrogens (tertiary/aromatic N) is 2. The van der Waals surface area contributed by atoms with Crippen LogP contribution in [0.1, 0.15) is 25.5 Å². The third-order valence-corrected chi connectivity index (χ3v) is 5.03. The Morgan fingerprint density at radius 3 is 2.68 bits per heavy atom. The third-order valence-electron chi connectivity index (χ3n) is 3.43. The van der Waals surface area contributed by atoms with Gasteiger partial charge in [0.25, 0.3) is 0 Å². The zero-order valence-electron chi connectivity index (χ0n) is 10.6. The Bertz CT molecular complexity index is 602. The second kappa shape index (κ2) is 4.89. The molecule has 1 atom stereocenters. The second-order valence-electron chi connectivity index (χ2n) is 4.99. The number of nitriles is 1. The van der Waals surface area contributed by atoms with Crippen molar-refractivity contribution in [3.8, 4) is 6.07 Å². The van der Waals surface area contributed by atoms with Crippen LogP contribution in [0.2, 0.25) is 0 Å². The van der Waals surface area contributed by atoms with Gasteiger partial charge in [-0.3, -0.25) is 0 Å². The summed E-state index contributed by atoms with van der Waals surface area (Å²) in [6.07, 6.45) is 3.16. The third kappa shape index (κ3) is 2.92. The van der Waals surface area contributed by atoms with Gasteiger partial charge in [-0.25, -0.2) is 18.1 Å². The van der Waals surface area contributed by atoms with Crippen LogP contribution in [-0.4, -0.2) is 25.5 Å². The lowest BCUT2D eigenvalue weighted by Gasteiger charge is -2.28. The Morgan fingerprint density at radius 2 is 2.26 bits per heavy atom. The van der Waals surface area contributed by atoms with E-state index in [0.29, 0.717) is 5.92 Å². The van der Waals surface area contributed by atoms with Gasteiger partial charge in [0.05, 0.1) is 0 Å². The van der Waals surface area contributed by atoms with E-state index in [4.69, 9.17) is 11.0 Å². The fraction of sp³-hybridized carbons (Fsp3) is 0.500. The molecular weight excluding hydrogens is 264 g/mol. The molecule has 102 valence electrons. The van der Waals surface area contributed by atoms with Crippen LogP contribution < -0.4 is 10.5 Å². The minimum atomic E-state index is -3.66. The van der Waals surface area contributed by atoms with Crippen LogP contribution in [0.3, 0.4) is 0 Å². The summed E-state index contributed by atoms with van der Waals surface area (Å²) in [5, 5.41) is 8.64. The monoisotopic (exact) mass is 280 g/mol. The Labute approximate surface area is 112 Å². The summed E-state index contributed by atoms with van der Waals surface area (Å²) in [6.45, 7) is 2.07. The number of aromatic nitrogens is 1. The lowest BCUT2D eigenvalue weighted by atomic mass is 9.98. The van der Waals surface area contributed by atoms with Crippen molar-refractivity contribution in [1.29, 1.82) is 5.26 Å². The van der Waals surface area contributed by atoms with Gasteiger partial charge in [0.2, 0.25) is 10.0 Å². The highest BCUT2D eigenvalue weighted by molar-refractivity contribution is 7.89. The van der Waals surface area contributed by atoms with Crippen LogP contribution in [0.4, 0.5) is 0 Å². The number of nitrogens with two attached hydrogens (primary N) is 1. The van der Waals surface area contributed by atoms with E-state index in [2.05, 4.69) is 9.71 Å². The number of nitrogens with one attached hydrogen (secondary N) is 1. The fourth-order valence-corrected chi connectivity index (χ4v) is 3.40. The molecule has 7 heteroatoms. The standard InChI is InChI=1S/C12H16N4O2S/c1-12(8-14,9-2-3-9)16-19(17,18)11-5-4-10(6-13)15-7-11/h4-5,7,9,16H,2-3,8,14H2,1H3. The van der Waals surface area contributed by atoms with Crippen molar-refractivity contribution in [2.75, 3.05) is 6.54 Å². The average Bonchev–Trinajstić information content (AvgIpc) is 3.23. The van der Waals surface area contributed by atoms with Gasteiger partial charge in [-0.1, -0.05) is 0 Å². The zero-order chi connectivity index (χ0) is 14.1. The SMILES string of the molecule is CC(CN)(NS(=O)(=O)c1ccc(C#N)nc1)C1CC1. The minimum absolute atomic E-state index is 0.0480. The maximum absolute atomic E-state index is 12.2. The smallest absolute Gasteiger partial charge is 0.242 e. The molecule has 0 amide bonds. The molecule has 0 saturated heterocycles. The molecule has 1 saturated carbocycles. The number of sulfonamides is 1. The number of pyridine rings is 1. The Kier molecular flexibility index (Phi) is 3.58. The van der Waals surface area contributed by atoms with Crippen molar-refractivity contribution in [3.05, 3.63) is 24.0 Å². The molecule has 6 nitrogen and oxygen atoms in total. The van der Waals surface area contributed by atoms with Crippen LogP contribution in [0, 0.1) is 17.2 Å². The van der Waals surface area contributed by atoms with Gasteiger partial charge in [-0.05, 0) is 37.8 Å². The quantitative estimate of drug-likeness (QED) is 0.809. The normalized spacial score (nSPS) is 18.6. The van der Waals surface area contributed by atoms with Gasteiger partial charge in [-0.15, -0.1) is 0 Å². The van der Waals surface area contributed by atoms with Crippen molar-refractivity contribution in [3.63, 3.8) is 0 Å². The summed E-state index contributed by atoms with van der Waals surface area (Å²) in [5.41, 5.74) is 5.26. The topological polar surface area (TPSA) is 109 Å². The summed E-state index contributed by atoms with van der Waals surface area (Å²) >= 11 is 0. The fourth-order valence-electron chi connectivity index (χ4n) is 1.98. The average molecular weight is 280 g/mol. The van der Waals surface area contributed by atoms with E-state index in [9.17, 15) is 8.42 Å². The molecule has 3 N–H and O–H groups in total. The molecule has 0 spiro atoms. The Morgan fingerprint density at radius 1 is 1.58 bits per heavy atom. The number of hydrogen-bond acceptors (Lipinski definition) is 5. The predicted octanol–water partition coefficient (Wildman–Crippen LogP) is 0.359. The van der Waals surface area contributed by atoms with Gasteiger partial charge < -0.3 is 5.73 Å². The van der Waals surface area contributed by atoms with Crippen LogP contribution in [0.25, 0.3) is 0 Å². The van der Waals surface area contributed by atoms with Gasteiger partial charge in [0.1, 0.15) is 16.7 Å². The molecule has 1 aromatic rings. The van der Waals surface area contributed by atoms with E-state index in [1.807, 2.05) is 13.0 Å². The molecule has 0 bridgehead atoms. The molecule has 1 aromatic heterocycles. The van der Waals surface area contributed by atoms with E-state index in [1.165, 1.54) is 18.3 Å². The molecule has 0 aliphatic heterocycles. The molecule has 0 radical (unpaired) electrons. The second-order valence-corrected chi connectivity index (χ2v) is 6.67. The Hall–Kier alpha value is -1.49. The van der Waals surface area contributed by atoms with Crippen LogP contribution in [0.15, 0.2) is 23.2 Å². The largest absolute Gasteiger partial charge is 0.329 e. The van der Waals surface area contributed by atoms with Crippen molar-refractivity contribution in [2.45, 2.75) is 30.2 Å². The summed E-state index contributed by atoms with van der Waals surface area (Å²) in [5.74, 6) is 0.290. The maximum Gasteiger partial charge on any atom is 0.242 e.